The van der Waals surface area contributed by atoms with E-state index in [1.165, 1.54) is 0 Å². The summed E-state index contributed by atoms with van der Waals surface area (Å²) in [4.78, 5) is 10.9. The van der Waals surface area contributed by atoms with E-state index in [9.17, 15) is 0 Å². The van der Waals surface area contributed by atoms with Crippen molar-refractivity contribution < 1.29 is 0 Å². The first-order valence-corrected chi connectivity index (χ1v) is 10.8. The second-order valence-corrected chi connectivity index (χ2v) is 8.31. The number of hydrogen-bond acceptors (Lipinski definition) is 4. The van der Waals surface area contributed by atoms with E-state index in [-0.39, 0.29) is 6.04 Å². The summed E-state index contributed by atoms with van der Waals surface area (Å²) >= 11 is 1.70. The fourth-order valence-corrected chi connectivity index (χ4v) is 4.44. The average Bonchev–Trinajstić information content (AvgIpc) is 3.33. The maximum Gasteiger partial charge on any atom is 0.0895 e. The zero-order chi connectivity index (χ0) is 20.5. The Morgan fingerprint density at radius 3 is 2.33 bits per heavy atom. The van der Waals surface area contributed by atoms with Crippen molar-refractivity contribution in [3.63, 3.8) is 0 Å². The number of aromatic nitrogens is 2. The van der Waals surface area contributed by atoms with Gasteiger partial charge in [0, 0.05) is 28.8 Å². The molecule has 0 saturated heterocycles. The molecule has 1 atom stereocenters. The SMILES string of the molecule is C[C@@H](N)c1ccc(-c2nc3ccnc(-c4cccs4)c3cc2-c2ccccc2)cc1. The molecule has 30 heavy (non-hydrogen) atoms. The van der Waals surface area contributed by atoms with Gasteiger partial charge in [-0.2, -0.15) is 0 Å². The van der Waals surface area contributed by atoms with E-state index >= 15 is 0 Å². The molecule has 146 valence electrons. The van der Waals surface area contributed by atoms with Crippen LogP contribution in [0.3, 0.4) is 0 Å². The first-order valence-electron chi connectivity index (χ1n) is 9.95. The highest BCUT2D eigenvalue weighted by Crippen LogP contribution is 2.37. The predicted molar refractivity (Wildman–Crippen MR) is 126 cm³/mol. The minimum absolute atomic E-state index is 0.0108. The Morgan fingerprint density at radius 1 is 0.833 bits per heavy atom. The van der Waals surface area contributed by atoms with Gasteiger partial charge >= 0.3 is 0 Å². The van der Waals surface area contributed by atoms with Crippen molar-refractivity contribution in [2.75, 3.05) is 0 Å². The third kappa shape index (κ3) is 3.41. The summed E-state index contributed by atoms with van der Waals surface area (Å²) < 4.78 is 0. The van der Waals surface area contributed by atoms with Gasteiger partial charge in [0.25, 0.3) is 0 Å². The molecule has 0 bridgehead atoms. The van der Waals surface area contributed by atoms with Gasteiger partial charge in [-0.25, -0.2) is 4.98 Å². The largest absolute Gasteiger partial charge is 0.324 e. The fourth-order valence-electron chi connectivity index (χ4n) is 3.71. The smallest absolute Gasteiger partial charge is 0.0895 e. The van der Waals surface area contributed by atoms with E-state index in [2.05, 4.69) is 77.1 Å². The zero-order valence-electron chi connectivity index (χ0n) is 16.6. The maximum atomic E-state index is 6.04. The van der Waals surface area contributed by atoms with Crippen molar-refractivity contribution in [2.45, 2.75) is 13.0 Å². The van der Waals surface area contributed by atoms with E-state index in [0.717, 1.165) is 49.4 Å². The minimum atomic E-state index is 0.0108. The molecule has 0 spiro atoms. The van der Waals surface area contributed by atoms with Crippen molar-refractivity contribution in [3.8, 4) is 33.0 Å². The Kier molecular flexibility index (Phi) is 4.87. The normalized spacial score (nSPS) is 12.2. The van der Waals surface area contributed by atoms with Crippen LogP contribution in [0.25, 0.3) is 43.9 Å². The summed E-state index contributed by atoms with van der Waals surface area (Å²) in [6.45, 7) is 2.00. The molecule has 2 N–H and O–H groups in total. The van der Waals surface area contributed by atoms with Crippen LogP contribution in [0, 0.1) is 0 Å². The summed E-state index contributed by atoms with van der Waals surface area (Å²) in [5.41, 5.74) is 13.4. The number of fused-ring (bicyclic) bond motifs is 1. The molecule has 2 aromatic carbocycles. The van der Waals surface area contributed by atoms with Gasteiger partial charge in [0.15, 0.2) is 0 Å². The third-order valence-electron chi connectivity index (χ3n) is 5.29. The number of nitrogens with two attached hydrogens (primary N) is 1. The van der Waals surface area contributed by atoms with Gasteiger partial charge in [0.2, 0.25) is 0 Å². The molecule has 0 radical (unpaired) electrons. The first-order chi connectivity index (χ1) is 14.7. The van der Waals surface area contributed by atoms with E-state index in [1.54, 1.807) is 11.3 Å². The number of hydrogen-bond donors (Lipinski definition) is 1. The summed E-state index contributed by atoms with van der Waals surface area (Å²) in [5, 5.41) is 3.14. The zero-order valence-corrected chi connectivity index (χ0v) is 17.4. The van der Waals surface area contributed by atoms with Crippen molar-refractivity contribution in [1.29, 1.82) is 0 Å². The van der Waals surface area contributed by atoms with Crippen molar-refractivity contribution in [2.24, 2.45) is 5.73 Å². The number of rotatable bonds is 4. The van der Waals surface area contributed by atoms with Crippen LogP contribution in [0.2, 0.25) is 0 Å². The average molecular weight is 408 g/mol. The van der Waals surface area contributed by atoms with E-state index < -0.39 is 0 Å². The maximum absolute atomic E-state index is 6.04. The van der Waals surface area contributed by atoms with Crippen LogP contribution in [-0.2, 0) is 0 Å². The van der Waals surface area contributed by atoms with Crippen LogP contribution in [0.1, 0.15) is 18.5 Å². The molecular weight excluding hydrogens is 386 g/mol. The first kappa shape index (κ1) is 18.7. The summed E-state index contributed by atoms with van der Waals surface area (Å²) in [6, 6.07) is 27.2. The van der Waals surface area contributed by atoms with Crippen LogP contribution in [0.5, 0.6) is 0 Å². The van der Waals surface area contributed by atoms with Crippen molar-refractivity contribution in [3.05, 3.63) is 96.0 Å². The lowest BCUT2D eigenvalue weighted by molar-refractivity contribution is 0.818. The molecule has 0 aliphatic carbocycles. The molecule has 4 heteroatoms. The highest BCUT2D eigenvalue weighted by atomic mass is 32.1. The molecule has 0 saturated carbocycles. The van der Waals surface area contributed by atoms with E-state index in [1.807, 2.05) is 25.3 Å². The number of nitrogens with zero attached hydrogens (tertiary/aromatic N) is 2. The molecule has 5 rings (SSSR count). The fraction of sp³-hybridized carbons (Fsp3) is 0.0769. The van der Waals surface area contributed by atoms with E-state index in [0.29, 0.717) is 0 Å². The molecule has 0 unspecified atom stereocenters. The summed E-state index contributed by atoms with van der Waals surface area (Å²) in [5.74, 6) is 0. The third-order valence-corrected chi connectivity index (χ3v) is 6.17. The molecule has 0 fully saturated rings. The number of pyridine rings is 2. The second kappa shape index (κ2) is 7.82. The van der Waals surface area contributed by atoms with E-state index in [4.69, 9.17) is 10.7 Å². The van der Waals surface area contributed by atoms with Gasteiger partial charge in [0.05, 0.1) is 21.8 Å². The van der Waals surface area contributed by atoms with Gasteiger partial charge in [-0.15, -0.1) is 11.3 Å². The molecular formula is C26H21N3S. The lowest BCUT2D eigenvalue weighted by Gasteiger charge is -2.14. The molecule has 5 aromatic rings. The van der Waals surface area contributed by atoms with Crippen LogP contribution < -0.4 is 5.73 Å². The van der Waals surface area contributed by atoms with Crippen LogP contribution in [0.4, 0.5) is 0 Å². The Bertz CT molecular complexity index is 1290. The Labute approximate surface area is 179 Å². The Balaban J connectivity index is 1.77. The molecule has 3 nitrogen and oxygen atoms in total. The molecule has 3 heterocycles. The topological polar surface area (TPSA) is 51.8 Å². The molecule has 3 aromatic heterocycles. The Hall–Kier alpha value is -3.34. The van der Waals surface area contributed by atoms with Gasteiger partial charge in [-0.05, 0) is 41.6 Å². The quantitative estimate of drug-likeness (QED) is 0.360. The molecule has 0 aliphatic heterocycles. The molecule has 0 amide bonds. The standard InChI is InChI=1S/C26H21N3S/c1-17(27)18-9-11-20(12-10-18)25-21(19-6-3-2-4-7-19)16-22-23(29-25)13-14-28-26(22)24-8-5-15-30-24/h2-17H,27H2,1H3/t17-/m1/s1. The highest BCUT2D eigenvalue weighted by Gasteiger charge is 2.15. The highest BCUT2D eigenvalue weighted by molar-refractivity contribution is 7.13. The molecule has 0 aliphatic rings. The second-order valence-electron chi connectivity index (χ2n) is 7.36. The number of thiophene rings is 1. The Morgan fingerprint density at radius 2 is 1.63 bits per heavy atom. The predicted octanol–water partition coefficient (Wildman–Crippen LogP) is 6.71. The van der Waals surface area contributed by atoms with Gasteiger partial charge < -0.3 is 5.73 Å². The van der Waals surface area contributed by atoms with Crippen LogP contribution in [-0.4, -0.2) is 9.97 Å². The summed E-state index contributed by atoms with van der Waals surface area (Å²) in [6.07, 6.45) is 1.84. The number of benzene rings is 2. The van der Waals surface area contributed by atoms with Crippen molar-refractivity contribution >= 4 is 22.2 Å². The van der Waals surface area contributed by atoms with Gasteiger partial charge in [0.1, 0.15) is 0 Å². The summed E-state index contributed by atoms with van der Waals surface area (Å²) in [7, 11) is 0. The van der Waals surface area contributed by atoms with Crippen molar-refractivity contribution in [1.82, 2.24) is 9.97 Å². The minimum Gasteiger partial charge on any atom is -0.324 e. The van der Waals surface area contributed by atoms with Gasteiger partial charge in [-0.1, -0.05) is 60.7 Å². The monoisotopic (exact) mass is 407 g/mol. The lowest BCUT2D eigenvalue weighted by Crippen LogP contribution is -2.04. The van der Waals surface area contributed by atoms with Crippen LogP contribution in [0.15, 0.2) is 90.4 Å². The lowest BCUT2D eigenvalue weighted by atomic mass is 9.96. The van der Waals surface area contributed by atoms with Crippen LogP contribution >= 0.6 is 11.3 Å². The van der Waals surface area contributed by atoms with Gasteiger partial charge in [-0.3, -0.25) is 4.98 Å².